The minimum atomic E-state index is -1.05. The van der Waals surface area contributed by atoms with Gasteiger partial charge < -0.3 is 20.1 Å². The summed E-state index contributed by atoms with van der Waals surface area (Å²) in [6, 6.07) is 15.9. The molecule has 0 aliphatic heterocycles. The molecule has 30 heavy (non-hydrogen) atoms. The number of para-hydroxylation sites is 1. The molecule has 0 aliphatic rings. The average Bonchev–Trinajstić information content (AvgIpc) is 3.15. The van der Waals surface area contributed by atoms with Crippen LogP contribution in [0.5, 0.6) is 0 Å². The lowest BCUT2D eigenvalue weighted by molar-refractivity contribution is -0.143. The Labute approximate surface area is 174 Å². The first-order valence-corrected chi connectivity index (χ1v) is 9.71. The molecule has 0 bridgehead atoms. The molecule has 7 nitrogen and oxygen atoms in total. The Bertz CT molecular complexity index is 1030. The fourth-order valence-corrected chi connectivity index (χ4v) is 3.25. The van der Waals surface area contributed by atoms with Crippen LogP contribution in [-0.4, -0.2) is 34.0 Å². The molecule has 1 heterocycles. The number of amides is 1. The van der Waals surface area contributed by atoms with Crippen molar-refractivity contribution >= 4 is 28.7 Å². The number of carboxylic acids is 1. The Balaban J connectivity index is 1.55. The standard InChI is InChI=1S/C23H24N2O5/c1-15(25-23(29)30-14-16-7-3-2-4-8-16)21(26)12-17(22(27)28)11-18-13-24-20-10-6-5-9-19(18)20/h2-10,13,15,17,24H,11-12,14H2,1H3,(H,25,29)(H,27,28)/t15?,17-/m1/s1. The molecule has 3 aromatic rings. The summed E-state index contributed by atoms with van der Waals surface area (Å²) < 4.78 is 5.11. The number of ether oxygens (including phenoxy) is 1. The first-order chi connectivity index (χ1) is 14.4. The van der Waals surface area contributed by atoms with Crippen molar-refractivity contribution in [2.75, 3.05) is 0 Å². The molecule has 1 amide bonds. The normalized spacial score (nSPS) is 12.8. The number of hydrogen-bond donors (Lipinski definition) is 3. The van der Waals surface area contributed by atoms with Crippen LogP contribution in [0.1, 0.15) is 24.5 Å². The first kappa shape index (κ1) is 21.1. The molecule has 2 aromatic carbocycles. The van der Waals surface area contributed by atoms with Gasteiger partial charge in [-0.15, -0.1) is 0 Å². The van der Waals surface area contributed by atoms with Gasteiger partial charge in [0.25, 0.3) is 0 Å². The third-order valence-electron chi connectivity index (χ3n) is 4.97. The first-order valence-electron chi connectivity index (χ1n) is 9.71. The summed E-state index contributed by atoms with van der Waals surface area (Å²) in [6.45, 7) is 1.61. The maximum Gasteiger partial charge on any atom is 0.408 e. The number of carboxylic acid groups (broad SMARTS) is 1. The van der Waals surface area contributed by atoms with Crippen molar-refractivity contribution in [2.24, 2.45) is 5.92 Å². The zero-order chi connectivity index (χ0) is 21.5. The minimum absolute atomic E-state index is 0.0892. The third-order valence-corrected chi connectivity index (χ3v) is 4.97. The zero-order valence-corrected chi connectivity index (χ0v) is 16.6. The molecule has 7 heteroatoms. The van der Waals surface area contributed by atoms with E-state index < -0.39 is 24.0 Å². The lowest BCUT2D eigenvalue weighted by atomic mass is 9.92. The van der Waals surface area contributed by atoms with Crippen molar-refractivity contribution < 1.29 is 24.2 Å². The van der Waals surface area contributed by atoms with Gasteiger partial charge in [-0.1, -0.05) is 48.5 Å². The molecular weight excluding hydrogens is 384 g/mol. The summed E-state index contributed by atoms with van der Waals surface area (Å²) in [5.74, 6) is -2.30. The molecule has 0 saturated carbocycles. The summed E-state index contributed by atoms with van der Waals surface area (Å²) >= 11 is 0. The number of aromatic amines is 1. The minimum Gasteiger partial charge on any atom is -0.481 e. The highest BCUT2D eigenvalue weighted by Crippen LogP contribution is 2.22. The predicted molar refractivity (Wildman–Crippen MR) is 112 cm³/mol. The Kier molecular flexibility index (Phi) is 6.85. The summed E-state index contributed by atoms with van der Waals surface area (Å²) in [7, 11) is 0. The van der Waals surface area contributed by atoms with E-state index in [-0.39, 0.29) is 25.2 Å². The smallest absolute Gasteiger partial charge is 0.408 e. The van der Waals surface area contributed by atoms with E-state index >= 15 is 0 Å². The van der Waals surface area contributed by atoms with Gasteiger partial charge in [-0.25, -0.2) is 4.79 Å². The number of rotatable bonds is 9. The highest BCUT2D eigenvalue weighted by Gasteiger charge is 2.26. The largest absolute Gasteiger partial charge is 0.481 e. The van der Waals surface area contributed by atoms with Gasteiger partial charge in [0.15, 0.2) is 5.78 Å². The maximum absolute atomic E-state index is 12.5. The van der Waals surface area contributed by atoms with E-state index in [0.29, 0.717) is 0 Å². The second kappa shape index (κ2) is 9.73. The van der Waals surface area contributed by atoms with Crippen molar-refractivity contribution in [3.63, 3.8) is 0 Å². The second-order valence-electron chi connectivity index (χ2n) is 7.20. The van der Waals surface area contributed by atoms with Crippen LogP contribution in [0.4, 0.5) is 4.79 Å². The number of aromatic nitrogens is 1. The number of carbonyl (C=O) groups excluding carboxylic acids is 2. The molecule has 0 radical (unpaired) electrons. The van der Waals surface area contributed by atoms with E-state index in [9.17, 15) is 19.5 Å². The van der Waals surface area contributed by atoms with Gasteiger partial charge in [-0.3, -0.25) is 9.59 Å². The molecule has 1 unspecified atom stereocenters. The van der Waals surface area contributed by atoms with Crippen molar-refractivity contribution in [2.45, 2.75) is 32.4 Å². The summed E-state index contributed by atoms with van der Waals surface area (Å²) in [6.07, 6.45) is 1.09. The van der Waals surface area contributed by atoms with Crippen LogP contribution >= 0.6 is 0 Å². The summed E-state index contributed by atoms with van der Waals surface area (Å²) in [5, 5.41) is 13.0. The lowest BCUT2D eigenvalue weighted by Crippen LogP contribution is -2.40. The van der Waals surface area contributed by atoms with Crippen LogP contribution in [-0.2, 0) is 27.4 Å². The van der Waals surface area contributed by atoms with E-state index in [1.807, 2.05) is 54.6 Å². The van der Waals surface area contributed by atoms with Crippen LogP contribution < -0.4 is 5.32 Å². The molecule has 156 valence electrons. The number of Topliss-reactive ketones (excluding diaryl/α,β-unsaturated/α-hetero) is 1. The van der Waals surface area contributed by atoms with Gasteiger partial charge in [0, 0.05) is 23.5 Å². The monoisotopic (exact) mass is 408 g/mol. The lowest BCUT2D eigenvalue weighted by Gasteiger charge is -2.16. The molecule has 1 aromatic heterocycles. The second-order valence-corrected chi connectivity index (χ2v) is 7.20. The Morgan fingerprint density at radius 3 is 2.50 bits per heavy atom. The number of carbonyl (C=O) groups is 3. The number of benzene rings is 2. The number of ketones is 1. The number of fused-ring (bicyclic) bond motifs is 1. The Morgan fingerprint density at radius 2 is 1.77 bits per heavy atom. The van der Waals surface area contributed by atoms with Crippen molar-refractivity contribution in [1.82, 2.24) is 10.3 Å². The van der Waals surface area contributed by atoms with Gasteiger partial charge in [0.05, 0.1) is 12.0 Å². The molecule has 0 fully saturated rings. The van der Waals surface area contributed by atoms with Gasteiger partial charge in [-0.2, -0.15) is 0 Å². The third kappa shape index (κ3) is 5.47. The van der Waals surface area contributed by atoms with Crippen LogP contribution in [0.25, 0.3) is 10.9 Å². The topological polar surface area (TPSA) is 108 Å². The number of aliphatic carboxylic acids is 1. The van der Waals surface area contributed by atoms with Gasteiger partial charge >= 0.3 is 12.1 Å². The molecule has 3 N–H and O–H groups in total. The number of H-pyrrole nitrogens is 1. The van der Waals surface area contributed by atoms with Crippen LogP contribution in [0.3, 0.4) is 0 Å². The summed E-state index contributed by atoms with van der Waals surface area (Å²) in [5.41, 5.74) is 2.59. The van der Waals surface area contributed by atoms with Gasteiger partial charge in [0.1, 0.15) is 6.61 Å². The van der Waals surface area contributed by atoms with Crippen LogP contribution in [0, 0.1) is 5.92 Å². The van der Waals surface area contributed by atoms with Crippen LogP contribution in [0.15, 0.2) is 60.8 Å². The molecule has 0 aliphatic carbocycles. The fourth-order valence-electron chi connectivity index (χ4n) is 3.25. The van der Waals surface area contributed by atoms with Crippen molar-refractivity contribution in [3.8, 4) is 0 Å². The molecule has 0 saturated heterocycles. The average molecular weight is 408 g/mol. The molecular formula is C23H24N2O5. The van der Waals surface area contributed by atoms with E-state index in [1.165, 1.54) is 6.92 Å². The van der Waals surface area contributed by atoms with Gasteiger partial charge in [0.2, 0.25) is 0 Å². The molecule has 3 rings (SSSR count). The quantitative estimate of drug-likeness (QED) is 0.500. The number of alkyl carbamates (subject to hydrolysis) is 1. The zero-order valence-electron chi connectivity index (χ0n) is 16.6. The van der Waals surface area contributed by atoms with E-state index in [1.54, 1.807) is 6.20 Å². The van der Waals surface area contributed by atoms with E-state index in [0.717, 1.165) is 22.0 Å². The SMILES string of the molecule is CC(NC(=O)OCc1ccccc1)C(=O)C[C@@H](Cc1c[nH]c2ccccc12)C(=O)O. The van der Waals surface area contributed by atoms with Crippen molar-refractivity contribution in [1.29, 1.82) is 0 Å². The Hall–Kier alpha value is -3.61. The highest BCUT2D eigenvalue weighted by atomic mass is 16.5. The molecule has 2 atom stereocenters. The number of nitrogens with one attached hydrogen (secondary N) is 2. The predicted octanol–water partition coefficient (Wildman–Crippen LogP) is 3.69. The van der Waals surface area contributed by atoms with Gasteiger partial charge in [-0.05, 0) is 30.5 Å². The fraction of sp³-hybridized carbons (Fsp3) is 0.261. The maximum atomic E-state index is 12.5. The highest BCUT2D eigenvalue weighted by molar-refractivity contribution is 5.90. The summed E-state index contributed by atoms with van der Waals surface area (Å²) in [4.78, 5) is 39.3. The van der Waals surface area contributed by atoms with Crippen LogP contribution in [0.2, 0.25) is 0 Å². The van der Waals surface area contributed by atoms with Crippen molar-refractivity contribution in [3.05, 3.63) is 71.9 Å². The van der Waals surface area contributed by atoms with E-state index in [4.69, 9.17) is 4.74 Å². The molecule has 0 spiro atoms. The van der Waals surface area contributed by atoms with E-state index in [2.05, 4.69) is 10.3 Å². The Morgan fingerprint density at radius 1 is 1.07 bits per heavy atom. The number of hydrogen-bond acceptors (Lipinski definition) is 4.